The molecule has 0 bridgehead atoms. The number of nitrogens with zero attached hydrogens (tertiary/aromatic N) is 2. The summed E-state index contributed by atoms with van der Waals surface area (Å²) in [6.45, 7) is 7.62. The largest absolute Gasteiger partial charge is 0.317 e. The maximum Gasteiger partial charge on any atom is 0.0312 e. The zero-order valence-corrected chi connectivity index (χ0v) is 11.3. The van der Waals surface area contributed by atoms with E-state index in [9.17, 15) is 0 Å². The minimum absolute atomic E-state index is 0.619. The van der Waals surface area contributed by atoms with Crippen LogP contribution in [0.3, 0.4) is 0 Å². The van der Waals surface area contributed by atoms with Crippen molar-refractivity contribution in [2.75, 3.05) is 20.1 Å². The van der Waals surface area contributed by atoms with Crippen LogP contribution in [-0.2, 0) is 6.54 Å². The lowest BCUT2D eigenvalue weighted by Gasteiger charge is -2.24. The number of aromatic nitrogens is 1. The molecular formula is C14H25N3. The highest BCUT2D eigenvalue weighted by molar-refractivity contribution is 5.08. The van der Waals surface area contributed by atoms with Crippen LogP contribution in [0.1, 0.15) is 32.3 Å². The van der Waals surface area contributed by atoms with Crippen LogP contribution < -0.4 is 5.32 Å². The van der Waals surface area contributed by atoms with Gasteiger partial charge in [0.15, 0.2) is 0 Å². The first kappa shape index (κ1) is 14.1. The summed E-state index contributed by atoms with van der Waals surface area (Å²) in [5.74, 6) is 0. The molecule has 3 nitrogen and oxygen atoms in total. The predicted molar refractivity (Wildman–Crippen MR) is 72.9 cm³/mol. The predicted octanol–water partition coefficient (Wildman–Crippen LogP) is 2.29. The first-order valence-corrected chi connectivity index (χ1v) is 6.54. The monoisotopic (exact) mass is 235 g/mol. The van der Waals surface area contributed by atoms with Gasteiger partial charge in [-0.1, -0.05) is 13.0 Å². The van der Waals surface area contributed by atoms with Crippen molar-refractivity contribution < 1.29 is 0 Å². The lowest BCUT2D eigenvalue weighted by molar-refractivity contribution is 0.234. The van der Waals surface area contributed by atoms with Gasteiger partial charge in [-0.3, -0.25) is 9.88 Å². The van der Waals surface area contributed by atoms with E-state index in [4.69, 9.17) is 0 Å². The summed E-state index contributed by atoms with van der Waals surface area (Å²) >= 11 is 0. The normalized spacial score (nSPS) is 12.9. The Balaban J connectivity index is 2.24. The number of rotatable bonds is 8. The second-order valence-electron chi connectivity index (χ2n) is 4.62. The zero-order valence-electron chi connectivity index (χ0n) is 11.3. The van der Waals surface area contributed by atoms with Crippen molar-refractivity contribution in [3.8, 4) is 0 Å². The van der Waals surface area contributed by atoms with E-state index in [2.05, 4.69) is 42.2 Å². The molecule has 0 saturated carbocycles. The van der Waals surface area contributed by atoms with Crippen LogP contribution in [0.5, 0.6) is 0 Å². The molecule has 1 aromatic rings. The average Bonchev–Trinajstić information content (AvgIpc) is 2.35. The third kappa shape index (κ3) is 5.80. The standard InChI is InChI=1S/C14H25N3/c1-4-15-9-5-7-13(2)17(3)12-14-8-6-10-16-11-14/h6,8,10-11,13,15H,4-5,7,9,12H2,1-3H3. The molecule has 0 aliphatic carbocycles. The molecule has 0 aliphatic heterocycles. The fraction of sp³-hybridized carbons (Fsp3) is 0.643. The highest BCUT2D eigenvalue weighted by Crippen LogP contribution is 2.08. The summed E-state index contributed by atoms with van der Waals surface area (Å²) in [4.78, 5) is 6.54. The van der Waals surface area contributed by atoms with Crippen molar-refractivity contribution in [1.29, 1.82) is 0 Å². The van der Waals surface area contributed by atoms with E-state index in [-0.39, 0.29) is 0 Å². The Hall–Kier alpha value is -0.930. The molecule has 0 amide bonds. The molecule has 0 aliphatic rings. The SMILES string of the molecule is CCNCCCC(C)N(C)Cc1cccnc1. The lowest BCUT2D eigenvalue weighted by Crippen LogP contribution is -2.29. The summed E-state index contributed by atoms with van der Waals surface area (Å²) in [6, 6.07) is 4.75. The average molecular weight is 235 g/mol. The molecule has 1 atom stereocenters. The van der Waals surface area contributed by atoms with Gasteiger partial charge in [-0.15, -0.1) is 0 Å². The topological polar surface area (TPSA) is 28.2 Å². The lowest BCUT2D eigenvalue weighted by atomic mass is 10.1. The minimum atomic E-state index is 0.619. The van der Waals surface area contributed by atoms with Gasteiger partial charge in [-0.25, -0.2) is 0 Å². The number of hydrogen-bond acceptors (Lipinski definition) is 3. The van der Waals surface area contributed by atoms with Crippen molar-refractivity contribution in [3.05, 3.63) is 30.1 Å². The van der Waals surface area contributed by atoms with Crippen LogP contribution >= 0.6 is 0 Å². The van der Waals surface area contributed by atoms with Crippen molar-refractivity contribution >= 4 is 0 Å². The highest BCUT2D eigenvalue weighted by atomic mass is 15.1. The van der Waals surface area contributed by atoms with Gasteiger partial charge in [0.25, 0.3) is 0 Å². The third-order valence-corrected chi connectivity index (χ3v) is 3.13. The molecule has 1 unspecified atom stereocenters. The first-order chi connectivity index (χ1) is 8.24. The van der Waals surface area contributed by atoms with Gasteiger partial charge >= 0.3 is 0 Å². The Morgan fingerprint density at radius 2 is 2.29 bits per heavy atom. The van der Waals surface area contributed by atoms with Crippen molar-refractivity contribution in [2.45, 2.75) is 39.3 Å². The molecule has 96 valence electrons. The van der Waals surface area contributed by atoms with E-state index >= 15 is 0 Å². The molecule has 0 radical (unpaired) electrons. The van der Waals surface area contributed by atoms with Gasteiger partial charge < -0.3 is 5.32 Å². The second kappa shape index (κ2) is 8.20. The first-order valence-electron chi connectivity index (χ1n) is 6.54. The van der Waals surface area contributed by atoms with Crippen LogP contribution in [-0.4, -0.2) is 36.1 Å². The van der Waals surface area contributed by atoms with Gasteiger partial charge in [0.05, 0.1) is 0 Å². The molecule has 0 aromatic carbocycles. The van der Waals surface area contributed by atoms with Crippen molar-refractivity contribution in [1.82, 2.24) is 15.2 Å². The third-order valence-electron chi connectivity index (χ3n) is 3.13. The van der Waals surface area contributed by atoms with Crippen LogP contribution in [0, 0.1) is 0 Å². The molecular weight excluding hydrogens is 210 g/mol. The van der Waals surface area contributed by atoms with E-state index in [0.717, 1.165) is 19.6 Å². The Kier molecular flexibility index (Phi) is 6.82. The molecule has 1 N–H and O–H groups in total. The quantitative estimate of drug-likeness (QED) is 0.701. The van der Waals surface area contributed by atoms with Gasteiger partial charge in [0, 0.05) is 25.0 Å². The van der Waals surface area contributed by atoms with Gasteiger partial charge in [0.1, 0.15) is 0 Å². The molecule has 1 rings (SSSR count). The summed E-state index contributed by atoms with van der Waals surface area (Å²) in [7, 11) is 2.19. The van der Waals surface area contributed by atoms with Gasteiger partial charge in [-0.2, -0.15) is 0 Å². The molecule has 1 heterocycles. The zero-order chi connectivity index (χ0) is 12.5. The van der Waals surface area contributed by atoms with Crippen LogP contribution in [0.15, 0.2) is 24.5 Å². The van der Waals surface area contributed by atoms with Gasteiger partial charge in [-0.05, 0) is 51.5 Å². The van der Waals surface area contributed by atoms with Crippen LogP contribution in [0.4, 0.5) is 0 Å². The maximum absolute atomic E-state index is 4.15. The fourth-order valence-corrected chi connectivity index (χ4v) is 1.86. The molecule has 0 spiro atoms. The minimum Gasteiger partial charge on any atom is -0.317 e. The van der Waals surface area contributed by atoms with E-state index in [0.29, 0.717) is 6.04 Å². The summed E-state index contributed by atoms with van der Waals surface area (Å²) in [5, 5.41) is 3.36. The van der Waals surface area contributed by atoms with E-state index < -0.39 is 0 Å². The van der Waals surface area contributed by atoms with E-state index in [1.54, 1.807) is 0 Å². The molecule has 0 fully saturated rings. The Morgan fingerprint density at radius 1 is 1.47 bits per heavy atom. The van der Waals surface area contributed by atoms with Crippen molar-refractivity contribution in [2.24, 2.45) is 0 Å². The Labute approximate surface area is 105 Å². The second-order valence-corrected chi connectivity index (χ2v) is 4.62. The Bertz CT molecular complexity index is 287. The van der Waals surface area contributed by atoms with E-state index in [1.165, 1.54) is 18.4 Å². The maximum atomic E-state index is 4.15. The molecule has 0 saturated heterocycles. The summed E-state index contributed by atoms with van der Waals surface area (Å²) in [5.41, 5.74) is 1.29. The molecule has 1 aromatic heterocycles. The number of pyridine rings is 1. The molecule has 3 heteroatoms. The smallest absolute Gasteiger partial charge is 0.0312 e. The van der Waals surface area contributed by atoms with Crippen LogP contribution in [0.25, 0.3) is 0 Å². The van der Waals surface area contributed by atoms with Crippen LogP contribution in [0.2, 0.25) is 0 Å². The van der Waals surface area contributed by atoms with Gasteiger partial charge in [0.2, 0.25) is 0 Å². The summed E-state index contributed by atoms with van der Waals surface area (Å²) < 4.78 is 0. The molecule has 17 heavy (non-hydrogen) atoms. The van der Waals surface area contributed by atoms with E-state index in [1.807, 2.05) is 18.5 Å². The fourth-order valence-electron chi connectivity index (χ4n) is 1.86. The highest BCUT2D eigenvalue weighted by Gasteiger charge is 2.08. The van der Waals surface area contributed by atoms with Crippen molar-refractivity contribution in [3.63, 3.8) is 0 Å². The Morgan fingerprint density at radius 3 is 2.94 bits per heavy atom. The number of nitrogens with one attached hydrogen (secondary N) is 1. The summed E-state index contributed by atoms with van der Waals surface area (Å²) in [6.07, 6.45) is 6.25. The number of hydrogen-bond donors (Lipinski definition) is 1.